The summed E-state index contributed by atoms with van der Waals surface area (Å²) in [6, 6.07) is 82.0. The number of allylic oxidation sites excluding steroid dienone is 1. The number of pyridine rings is 1. The van der Waals surface area contributed by atoms with Crippen molar-refractivity contribution < 1.29 is 0 Å². The Balaban J connectivity index is 1.00. The molecular weight excluding hydrogens is 751 g/mol. The molecule has 62 heavy (non-hydrogen) atoms. The third-order valence-corrected chi connectivity index (χ3v) is 11.9. The maximum atomic E-state index is 5.39. The minimum Gasteiger partial charge on any atom is -0.360 e. The average molecular weight is 792 g/mol. The molecule has 9 aromatic carbocycles. The van der Waals surface area contributed by atoms with E-state index in [2.05, 4.69) is 236 Å². The van der Waals surface area contributed by atoms with Gasteiger partial charge in [-0.3, -0.25) is 4.99 Å². The molecule has 10 aromatic rings. The van der Waals surface area contributed by atoms with E-state index >= 15 is 0 Å². The summed E-state index contributed by atoms with van der Waals surface area (Å²) in [5.74, 6) is 0. The van der Waals surface area contributed by atoms with Gasteiger partial charge in [-0.1, -0.05) is 206 Å². The van der Waals surface area contributed by atoms with Gasteiger partial charge in [-0.2, -0.15) is 0 Å². The summed E-state index contributed by atoms with van der Waals surface area (Å²) in [4.78, 5) is 10.6. The molecule has 11 rings (SSSR count). The summed E-state index contributed by atoms with van der Waals surface area (Å²) in [7, 11) is 0. The lowest BCUT2D eigenvalue weighted by Gasteiger charge is -2.25. The Hall–Kier alpha value is -8.14. The molecule has 0 saturated heterocycles. The summed E-state index contributed by atoms with van der Waals surface area (Å²) >= 11 is 0. The van der Waals surface area contributed by atoms with Gasteiger partial charge in [0.15, 0.2) is 0 Å². The Labute approximate surface area is 362 Å². The third kappa shape index (κ3) is 7.27. The van der Waals surface area contributed by atoms with E-state index in [-0.39, 0.29) is 6.17 Å². The van der Waals surface area contributed by atoms with Crippen LogP contribution >= 0.6 is 0 Å². The topological polar surface area (TPSA) is 37.3 Å². The number of aromatic nitrogens is 1. The zero-order valence-corrected chi connectivity index (χ0v) is 34.0. The number of rotatable bonds is 8. The van der Waals surface area contributed by atoms with Gasteiger partial charge in [0.1, 0.15) is 6.17 Å². The van der Waals surface area contributed by atoms with Crippen LogP contribution in [0.4, 0.5) is 0 Å². The van der Waals surface area contributed by atoms with Gasteiger partial charge in [-0.25, -0.2) is 4.98 Å². The molecule has 0 fully saturated rings. The van der Waals surface area contributed by atoms with Crippen molar-refractivity contribution in [2.45, 2.75) is 6.17 Å². The smallest absolute Gasteiger partial charge is 0.145 e. The van der Waals surface area contributed by atoms with Crippen molar-refractivity contribution in [1.29, 1.82) is 0 Å². The van der Waals surface area contributed by atoms with Crippen LogP contribution in [-0.4, -0.2) is 10.7 Å². The molecule has 3 heteroatoms. The van der Waals surface area contributed by atoms with Crippen molar-refractivity contribution in [1.82, 2.24) is 10.3 Å². The van der Waals surface area contributed by atoms with E-state index in [1.165, 1.54) is 44.2 Å². The van der Waals surface area contributed by atoms with Crippen molar-refractivity contribution in [2.24, 2.45) is 4.99 Å². The minimum absolute atomic E-state index is 0.274. The predicted octanol–water partition coefficient (Wildman–Crippen LogP) is 14.9. The van der Waals surface area contributed by atoms with Crippen molar-refractivity contribution in [3.8, 4) is 55.8 Å². The van der Waals surface area contributed by atoms with Crippen LogP contribution in [-0.2, 0) is 0 Å². The highest BCUT2D eigenvalue weighted by Gasteiger charge is 2.21. The largest absolute Gasteiger partial charge is 0.360 e. The van der Waals surface area contributed by atoms with Crippen LogP contribution in [0.2, 0.25) is 0 Å². The number of benzene rings is 9. The first-order chi connectivity index (χ1) is 30.7. The van der Waals surface area contributed by atoms with Crippen LogP contribution in [0.15, 0.2) is 242 Å². The molecule has 3 nitrogen and oxygen atoms in total. The first-order valence-electron chi connectivity index (χ1n) is 21.2. The fourth-order valence-corrected chi connectivity index (χ4v) is 8.67. The second-order valence-corrected chi connectivity index (χ2v) is 15.8. The molecule has 1 aliphatic heterocycles. The monoisotopic (exact) mass is 791 g/mol. The summed E-state index contributed by atoms with van der Waals surface area (Å²) in [5.41, 5.74) is 17.7. The number of aliphatic imine (C=N–C) groups is 1. The molecule has 0 saturated carbocycles. The predicted molar refractivity (Wildman–Crippen MR) is 260 cm³/mol. The van der Waals surface area contributed by atoms with Gasteiger partial charge in [0.05, 0.1) is 16.9 Å². The highest BCUT2D eigenvalue weighted by Crippen LogP contribution is 2.39. The Kier molecular flexibility index (Phi) is 9.61. The number of nitrogens with zero attached hydrogens (tertiary/aromatic N) is 2. The van der Waals surface area contributed by atoms with E-state index < -0.39 is 0 Å². The van der Waals surface area contributed by atoms with Crippen LogP contribution in [0.3, 0.4) is 0 Å². The van der Waals surface area contributed by atoms with Crippen LogP contribution in [0.5, 0.6) is 0 Å². The van der Waals surface area contributed by atoms with E-state index in [1.54, 1.807) is 0 Å². The fraction of sp³-hybridized carbons (Fsp3) is 0.0169. The van der Waals surface area contributed by atoms with Crippen molar-refractivity contribution in [3.63, 3.8) is 0 Å². The van der Waals surface area contributed by atoms with Gasteiger partial charge in [-0.05, 0) is 96.7 Å². The molecule has 2 heterocycles. The zero-order valence-electron chi connectivity index (χ0n) is 34.0. The van der Waals surface area contributed by atoms with Crippen molar-refractivity contribution in [3.05, 3.63) is 253 Å². The Morgan fingerprint density at radius 1 is 0.371 bits per heavy atom. The lowest BCUT2D eigenvalue weighted by atomic mass is 9.92. The highest BCUT2D eigenvalue weighted by atomic mass is 15.1. The normalized spacial score (nSPS) is 13.6. The molecule has 1 N–H and O–H groups in total. The van der Waals surface area contributed by atoms with E-state index in [1.807, 2.05) is 6.07 Å². The van der Waals surface area contributed by atoms with Gasteiger partial charge in [-0.15, -0.1) is 0 Å². The number of hydrogen-bond donors (Lipinski definition) is 1. The maximum Gasteiger partial charge on any atom is 0.145 e. The molecule has 0 amide bonds. The van der Waals surface area contributed by atoms with Gasteiger partial charge >= 0.3 is 0 Å². The lowest BCUT2D eigenvalue weighted by molar-refractivity contribution is 0.664. The molecule has 1 atom stereocenters. The van der Waals surface area contributed by atoms with Gasteiger partial charge in [0.2, 0.25) is 0 Å². The summed E-state index contributed by atoms with van der Waals surface area (Å²) in [6.45, 7) is 0. The first-order valence-corrected chi connectivity index (χ1v) is 21.2. The molecule has 1 aliphatic rings. The fourth-order valence-electron chi connectivity index (χ4n) is 8.67. The standard InChI is InChI=1S/C59H41N3/c1-5-14-40(15-6-1)42-24-29-47(30-25-42)56-39-57(62-59(61-56)48-31-26-43(27-32-48)41-16-7-2-8-17-41)51-23-13-22-49(36-51)50-33-28-45-34-35-54-58(52(45)37-50)53(44-18-9-3-10-19-44)38-55(60-54)46-20-11-4-12-21-46/h1-39,59,61H. The van der Waals surface area contributed by atoms with E-state index in [0.717, 1.165) is 61.4 Å². The van der Waals surface area contributed by atoms with Crippen LogP contribution < -0.4 is 5.32 Å². The molecule has 0 aliphatic carbocycles. The van der Waals surface area contributed by atoms with Gasteiger partial charge in [0, 0.05) is 22.2 Å². The van der Waals surface area contributed by atoms with E-state index in [4.69, 9.17) is 9.98 Å². The lowest BCUT2D eigenvalue weighted by Crippen LogP contribution is -2.24. The van der Waals surface area contributed by atoms with Gasteiger partial charge < -0.3 is 5.32 Å². The quantitative estimate of drug-likeness (QED) is 0.156. The number of hydrogen-bond acceptors (Lipinski definition) is 3. The maximum absolute atomic E-state index is 5.39. The molecule has 1 unspecified atom stereocenters. The Bertz CT molecular complexity index is 3260. The Morgan fingerprint density at radius 3 is 1.53 bits per heavy atom. The highest BCUT2D eigenvalue weighted by molar-refractivity contribution is 6.16. The molecule has 1 aromatic heterocycles. The number of fused-ring (bicyclic) bond motifs is 3. The van der Waals surface area contributed by atoms with Crippen LogP contribution in [0.1, 0.15) is 22.9 Å². The summed E-state index contributed by atoms with van der Waals surface area (Å²) in [5, 5.41) is 7.30. The number of nitrogens with one attached hydrogen (secondary N) is 1. The molecule has 292 valence electrons. The molecule has 0 spiro atoms. The second kappa shape index (κ2) is 16.1. The third-order valence-electron chi connectivity index (χ3n) is 11.9. The summed E-state index contributed by atoms with van der Waals surface area (Å²) < 4.78 is 0. The van der Waals surface area contributed by atoms with Crippen LogP contribution in [0, 0.1) is 0 Å². The molecular formula is C59H41N3. The summed E-state index contributed by atoms with van der Waals surface area (Å²) in [6.07, 6.45) is 1.92. The van der Waals surface area contributed by atoms with Crippen molar-refractivity contribution in [2.75, 3.05) is 0 Å². The molecule has 0 bridgehead atoms. The SMILES string of the molecule is C1=C(c2ccc(-c3ccccc3)cc2)NC(c2ccc(-c3ccccc3)cc2)N=C1c1cccc(-c2ccc3ccc4nc(-c5ccccc5)cc(-c5ccccc5)c4c3c2)c1. The van der Waals surface area contributed by atoms with Gasteiger partial charge in [0.25, 0.3) is 0 Å². The average Bonchev–Trinajstić information content (AvgIpc) is 3.37. The molecule has 0 radical (unpaired) electrons. The first kappa shape index (κ1) is 36.9. The van der Waals surface area contributed by atoms with E-state index in [0.29, 0.717) is 0 Å². The van der Waals surface area contributed by atoms with Crippen molar-refractivity contribution >= 4 is 33.1 Å². The second-order valence-electron chi connectivity index (χ2n) is 15.8. The Morgan fingerprint density at radius 2 is 0.871 bits per heavy atom. The zero-order chi connectivity index (χ0) is 41.2. The van der Waals surface area contributed by atoms with Crippen LogP contribution in [0.25, 0.3) is 83.1 Å². The van der Waals surface area contributed by atoms with E-state index in [9.17, 15) is 0 Å². The minimum atomic E-state index is -0.274.